The van der Waals surface area contributed by atoms with E-state index in [9.17, 15) is 14.4 Å². The Labute approximate surface area is 192 Å². The van der Waals surface area contributed by atoms with E-state index in [1.54, 1.807) is 0 Å². The summed E-state index contributed by atoms with van der Waals surface area (Å²) in [4.78, 5) is 36.0. The smallest absolute Gasteiger partial charge is 0.407 e. The van der Waals surface area contributed by atoms with Gasteiger partial charge >= 0.3 is 12.1 Å². The van der Waals surface area contributed by atoms with Crippen molar-refractivity contribution in [1.82, 2.24) is 10.6 Å². The van der Waals surface area contributed by atoms with Crippen molar-refractivity contribution in [3.63, 3.8) is 0 Å². The molecule has 2 fully saturated rings. The van der Waals surface area contributed by atoms with Crippen LogP contribution in [0.15, 0.2) is 48.5 Å². The number of hydrogen-bond donors (Lipinski definition) is 3. The summed E-state index contributed by atoms with van der Waals surface area (Å²) in [6.07, 6.45) is 2.53. The molecule has 7 nitrogen and oxygen atoms in total. The van der Waals surface area contributed by atoms with Crippen LogP contribution in [0.25, 0.3) is 11.1 Å². The van der Waals surface area contributed by atoms with Crippen molar-refractivity contribution < 1.29 is 24.2 Å². The number of alkyl carbamates (subject to hydrolysis) is 1. The number of nitrogens with one attached hydrogen (secondary N) is 2. The Morgan fingerprint density at radius 1 is 1.00 bits per heavy atom. The van der Waals surface area contributed by atoms with E-state index in [2.05, 4.69) is 34.9 Å². The molecule has 2 unspecified atom stereocenters. The average molecular weight is 449 g/mol. The lowest BCUT2D eigenvalue weighted by Crippen LogP contribution is -2.55. The summed E-state index contributed by atoms with van der Waals surface area (Å²) in [6.45, 7) is 0.632. The van der Waals surface area contributed by atoms with Gasteiger partial charge in [-0.05, 0) is 53.9 Å². The van der Waals surface area contributed by atoms with Gasteiger partial charge in [0.2, 0.25) is 5.91 Å². The lowest BCUT2D eigenvalue weighted by atomic mass is 9.74. The highest BCUT2D eigenvalue weighted by atomic mass is 16.5. The first-order valence-electron chi connectivity index (χ1n) is 11.6. The fraction of sp³-hybridized carbons (Fsp3) is 0.423. The largest absolute Gasteiger partial charge is 0.481 e. The van der Waals surface area contributed by atoms with E-state index in [0.29, 0.717) is 25.8 Å². The van der Waals surface area contributed by atoms with Crippen LogP contribution in [-0.2, 0) is 14.3 Å². The second-order valence-corrected chi connectivity index (χ2v) is 9.50. The Kier molecular flexibility index (Phi) is 5.56. The van der Waals surface area contributed by atoms with Gasteiger partial charge in [0.05, 0.1) is 12.0 Å². The maximum atomic E-state index is 12.5. The zero-order valence-corrected chi connectivity index (χ0v) is 18.4. The maximum absolute atomic E-state index is 12.5. The van der Waals surface area contributed by atoms with Crippen molar-refractivity contribution in [2.45, 2.75) is 43.6 Å². The molecule has 0 radical (unpaired) electrons. The summed E-state index contributed by atoms with van der Waals surface area (Å²) in [5.41, 5.74) is 4.10. The van der Waals surface area contributed by atoms with Crippen LogP contribution >= 0.6 is 0 Å². The number of carboxylic acids is 1. The molecule has 2 aromatic rings. The van der Waals surface area contributed by atoms with E-state index >= 15 is 0 Å². The zero-order valence-electron chi connectivity index (χ0n) is 18.4. The normalized spacial score (nSPS) is 21.8. The SMILES string of the molecule is O=C(O)CC1(NC(=O)C2CC2CNC(=O)OCC2c3ccccc3-c3ccccc32)CCC1. The Morgan fingerprint density at radius 2 is 1.64 bits per heavy atom. The van der Waals surface area contributed by atoms with Crippen molar-refractivity contribution in [1.29, 1.82) is 0 Å². The van der Waals surface area contributed by atoms with Crippen LogP contribution in [0, 0.1) is 11.8 Å². The molecule has 172 valence electrons. The molecule has 0 aliphatic heterocycles. The quantitative estimate of drug-likeness (QED) is 0.572. The topological polar surface area (TPSA) is 105 Å². The van der Waals surface area contributed by atoms with Crippen LogP contribution < -0.4 is 10.6 Å². The molecule has 2 amide bonds. The monoisotopic (exact) mass is 448 g/mol. The Balaban J connectivity index is 1.10. The molecule has 5 rings (SSSR count). The molecule has 7 heteroatoms. The molecule has 33 heavy (non-hydrogen) atoms. The highest BCUT2D eigenvalue weighted by molar-refractivity contribution is 5.83. The van der Waals surface area contributed by atoms with Gasteiger partial charge in [0, 0.05) is 18.4 Å². The number of aliphatic carboxylic acids is 1. The van der Waals surface area contributed by atoms with E-state index in [-0.39, 0.29) is 36.7 Å². The van der Waals surface area contributed by atoms with Gasteiger partial charge in [0.15, 0.2) is 0 Å². The fourth-order valence-corrected chi connectivity index (χ4v) is 5.25. The van der Waals surface area contributed by atoms with Crippen molar-refractivity contribution in [3.05, 3.63) is 59.7 Å². The third-order valence-corrected chi connectivity index (χ3v) is 7.30. The first kappa shape index (κ1) is 21.5. The number of ether oxygens (including phenoxy) is 1. The van der Waals surface area contributed by atoms with Gasteiger partial charge in [-0.3, -0.25) is 9.59 Å². The number of benzene rings is 2. The molecule has 0 saturated heterocycles. The number of carboxylic acid groups (broad SMARTS) is 1. The predicted octanol–water partition coefficient (Wildman–Crippen LogP) is 3.67. The highest BCUT2D eigenvalue weighted by Crippen LogP contribution is 2.44. The molecule has 3 aliphatic rings. The third-order valence-electron chi connectivity index (χ3n) is 7.30. The van der Waals surface area contributed by atoms with Gasteiger partial charge in [-0.2, -0.15) is 0 Å². The van der Waals surface area contributed by atoms with Crippen LogP contribution in [0.4, 0.5) is 4.79 Å². The summed E-state index contributed by atoms with van der Waals surface area (Å²) in [5.74, 6) is -1.09. The van der Waals surface area contributed by atoms with Gasteiger partial charge in [0.1, 0.15) is 6.61 Å². The molecule has 0 aromatic heterocycles. The van der Waals surface area contributed by atoms with Gasteiger partial charge in [-0.25, -0.2) is 4.79 Å². The molecule has 0 bridgehead atoms. The molecular formula is C26H28N2O5. The summed E-state index contributed by atoms with van der Waals surface area (Å²) >= 11 is 0. The zero-order chi connectivity index (χ0) is 23.0. The van der Waals surface area contributed by atoms with Crippen LogP contribution in [0.5, 0.6) is 0 Å². The van der Waals surface area contributed by atoms with Gasteiger partial charge in [-0.15, -0.1) is 0 Å². The van der Waals surface area contributed by atoms with E-state index in [4.69, 9.17) is 9.84 Å². The van der Waals surface area contributed by atoms with Crippen LogP contribution in [0.2, 0.25) is 0 Å². The lowest BCUT2D eigenvalue weighted by molar-refractivity contribution is -0.140. The van der Waals surface area contributed by atoms with Crippen molar-refractivity contribution in [2.24, 2.45) is 11.8 Å². The van der Waals surface area contributed by atoms with Crippen molar-refractivity contribution in [2.75, 3.05) is 13.2 Å². The molecule has 0 heterocycles. The number of carbonyl (C=O) groups excluding carboxylic acids is 2. The molecule has 3 N–H and O–H groups in total. The summed E-state index contributed by atoms with van der Waals surface area (Å²) in [6, 6.07) is 16.4. The van der Waals surface area contributed by atoms with E-state index in [1.807, 2.05) is 24.3 Å². The Hall–Kier alpha value is -3.35. The number of amides is 2. The standard InChI is InChI=1S/C26H28N2O5/c29-23(30)13-26(10-5-11-26)28-24(31)21-12-16(21)14-27-25(32)33-15-22-19-8-3-1-6-17(19)18-7-2-4-9-20(18)22/h1-4,6-9,16,21-22H,5,10-15H2,(H,27,32)(H,28,31)(H,29,30). The second kappa shape index (κ2) is 8.54. The molecule has 2 atom stereocenters. The molecule has 2 saturated carbocycles. The van der Waals surface area contributed by atoms with Crippen LogP contribution in [-0.4, -0.2) is 41.8 Å². The fourth-order valence-electron chi connectivity index (χ4n) is 5.25. The number of rotatable bonds is 8. The van der Waals surface area contributed by atoms with E-state index in [0.717, 1.165) is 17.5 Å². The van der Waals surface area contributed by atoms with Crippen LogP contribution in [0.1, 0.15) is 49.1 Å². The minimum atomic E-state index is -0.890. The summed E-state index contributed by atoms with van der Waals surface area (Å²) in [5, 5.41) is 14.9. The van der Waals surface area contributed by atoms with E-state index < -0.39 is 17.6 Å². The molecule has 0 spiro atoms. The highest BCUT2D eigenvalue weighted by Gasteiger charge is 2.47. The minimum absolute atomic E-state index is 0.00972. The van der Waals surface area contributed by atoms with E-state index in [1.165, 1.54) is 11.1 Å². The van der Waals surface area contributed by atoms with Gasteiger partial charge in [0.25, 0.3) is 0 Å². The van der Waals surface area contributed by atoms with Gasteiger partial charge < -0.3 is 20.5 Å². The predicted molar refractivity (Wildman–Crippen MR) is 122 cm³/mol. The number of hydrogen-bond acceptors (Lipinski definition) is 4. The second-order valence-electron chi connectivity index (χ2n) is 9.50. The maximum Gasteiger partial charge on any atom is 0.407 e. The summed E-state index contributed by atoms with van der Waals surface area (Å²) in [7, 11) is 0. The number of carbonyl (C=O) groups is 3. The van der Waals surface area contributed by atoms with Crippen LogP contribution in [0.3, 0.4) is 0 Å². The van der Waals surface area contributed by atoms with Crippen molar-refractivity contribution >= 4 is 18.0 Å². The Bertz CT molecular complexity index is 1050. The number of fused-ring (bicyclic) bond motifs is 3. The molecular weight excluding hydrogens is 420 g/mol. The summed E-state index contributed by atoms with van der Waals surface area (Å²) < 4.78 is 5.55. The Morgan fingerprint density at radius 3 is 2.21 bits per heavy atom. The molecule has 3 aliphatic carbocycles. The first-order valence-corrected chi connectivity index (χ1v) is 11.6. The first-order chi connectivity index (χ1) is 16.0. The minimum Gasteiger partial charge on any atom is -0.481 e. The average Bonchev–Trinajstić information content (AvgIpc) is 3.50. The molecule has 2 aromatic carbocycles. The van der Waals surface area contributed by atoms with Gasteiger partial charge in [-0.1, -0.05) is 48.5 Å². The third kappa shape index (κ3) is 4.32. The lowest BCUT2D eigenvalue weighted by Gasteiger charge is -2.41. The van der Waals surface area contributed by atoms with Crippen molar-refractivity contribution in [3.8, 4) is 11.1 Å².